The number of furan rings is 1. The Labute approximate surface area is 136 Å². The van der Waals surface area contributed by atoms with Crippen LogP contribution in [-0.4, -0.2) is 32.8 Å². The molecule has 0 radical (unpaired) electrons. The highest BCUT2D eigenvalue weighted by molar-refractivity contribution is 7.89. The van der Waals surface area contributed by atoms with Crippen LogP contribution < -0.4 is 4.72 Å². The van der Waals surface area contributed by atoms with E-state index in [0.717, 1.165) is 5.76 Å². The Bertz CT molecular complexity index is 796. The van der Waals surface area contributed by atoms with Crippen molar-refractivity contribution >= 4 is 15.9 Å². The van der Waals surface area contributed by atoms with E-state index in [9.17, 15) is 13.2 Å². The summed E-state index contributed by atoms with van der Waals surface area (Å²) in [6, 6.07) is 9.64. The third-order valence-electron chi connectivity index (χ3n) is 3.26. The maximum atomic E-state index is 12.5. The molecule has 0 atom stereocenters. The molecule has 1 N–H and O–H groups in total. The van der Waals surface area contributed by atoms with Crippen molar-refractivity contribution in [2.24, 2.45) is 0 Å². The van der Waals surface area contributed by atoms with Crippen LogP contribution in [0.3, 0.4) is 0 Å². The lowest BCUT2D eigenvalue weighted by Gasteiger charge is -2.16. The maximum Gasteiger partial charge on any atom is 0.254 e. The number of hydrogen-bond donors (Lipinski definition) is 1. The highest BCUT2D eigenvalue weighted by Gasteiger charge is 2.18. The van der Waals surface area contributed by atoms with E-state index in [0.29, 0.717) is 17.9 Å². The molecule has 1 aromatic heterocycles. The average Bonchev–Trinajstić information content (AvgIpc) is 2.91. The third kappa shape index (κ3) is 4.20. The molecular formula is C16H20N2O4S. The Morgan fingerprint density at radius 1 is 1.26 bits per heavy atom. The molecule has 0 spiro atoms. The van der Waals surface area contributed by atoms with Gasteiger partial charge in [-0.25, -0.2) is 13.1 Å². The molecule has 2 aromatic rings. The van der Waals surface area contributed by atoms with Gasteiger partial charge < -0.3 is 9.32 Å². The van der Waals surface area contributed by atoms with Crippen LogP contribution in [0.15, 0.2) is 45.7 Å². The molecule has 0 aliphatic rings. The first-order valence-corrected chi connectivity index (χ1v) is 8.72. The van der Waals surface area contributed by atoms with Gasteiger partial charge in [0.05, 0.1) is 11.4 Å². The molecule has 124 valence electrons. The SMILES string of the molecule is CCNS(=O)(=O)c1cccc(C(=O)N(C)Cc2ccc(C)o2)c1. The van der Waals surface area contributed by atoms with Crippen LogP contribution in [-0.2, 0) is 16.6 Å². The molecule has 1 aromatic carbocycles. The number of sulfonamides is 1. The molecule has 1 heterocycles. The lowest BCUT2D eigenvalue weighted by atomic mass is 10.2. The van der Waals surface area contributed by atoms with E-state index in [-0.39, 0.29) is 17.3 Å². The van der Waals surface area contributed by atoms with E-state index in [2.05, 4.69) is 4.72 Å². The maximum absolute atomic E-state index is 12.5. The van der Waals surface area contributed by atoms with Crippen LogP contribution in [0.2, 0.25) is 0 Å². The molecule has 7 heteroatoms. The van der Waals surface area contributed by atoms with Crippen molar-refractivity contribution in [3.63, 3.8) is 0 Å². The summed E-state index contributed by atoms with van der Waals surface area (Å²) in [5.41, 5.74) is 0.315. The van der Waals surface area contributed by atoms with Gasteiger partial charge in [-0.2, -0.15) is 0 Å². The van der Waals surface area contributed by atoms with Crippen molar-refractivity contribution in [2.45, 2.75) is 25.3 Å². The second kappa shape index (κ2) is 6.97. The van der Waals surface area contributed by atoms with Gasteiger partial charge >= 0.3 is 0 Å². The van der Waals surface area contributed by atoms with E-state index in [1.807, 2.05) is 19.1 Å². The Balaban J connectivity index is 2.19. The zero-order valence-electron chi connectivity index (χ0n) is 13.4. The minimum Gasteiger partial charge on any atom is -0.464 e. The van der Waals surface area contributed by atoms with Crippen LogP contribution >= 0.6 is 0 Å². The van der Waals surface area contributed by atoms with E-state index in [1.54, 1.807) is 26.1 Å². The van der Waals surface area contributed by atoms with Gasteiger partial charge in [-0.15, -0.1) is 0 Å². The molecule has 23 heavy (non-hydrogen) atoms. The molecular weight excluding hydrogens is 316 g/mol. The molecule has 0 bridgehead atoms. The summed E-state index contributed by atoms with van der Waals surface area (Å²) in [7, 11) is -1.94. The molecule has 0 aliphatic heterocycles. The number of aryl methyl sites for hydroxylation is 1. The van der Waals surface area contributed by atoms with Gasteiger partial charge in [0.25, 0.3) is 5.91 Å². The lowest BCUT2D eigenvalue weighted by Crippen LogP contribution is -2.27. The van der Waals surface area contributed by atoms with E-state index >= 15 is 0 Å². The van der Waals surface area contributed by atoms with Gasteiger partial charge in [0.2, 0.25) is 10.0 Å². The minimum absolute atomic E-state index is 0.0763. The van der Waals surface area contributed by atoms with Crippen molar-refractivity contribution < 1.29 is 17.6 Å². The van der Waals surface area contributed by atoms with Crippen LogP contribution in [0.1, 0.15) is 28.8 Å². The highest BCUT2D eigenvalue weighted by Crippen LogP contribution is 2.15. The zero-order valence-corrected chi connectivity index (χ0v) is 14.2. The number of carbonyl (C=O) groups is 1. The van der Waals surface area contributed by atoms with Gasteiger partial charge in [-0.05, 0) is 37.3 Å². The molecule has 0 fully saturated rings. The van der Waals surface area contributed by atoms with Gasteiger partial charge in [-0.1, -0.05) is 13.0 Å². The van der Waals surface area contributed by atoms with Crippen LogP contribution in [0.5, 0.6) is 0 Å². The van der Waals surface area contributed by atoms with Crippen molar-refractivity contribution in [3.8, 4) is 0 Å². The van der Waals surface area contributed by atoms with Crippen molar-refractivity contribution in [1.29, 1.82) is 0 Å². The van der Waals surface area contributed by atoms with Crippen LogP contribution in [0.4, 0.5) is 0 Å². The predicted molar refractivity (Wildman–Crippen MR) is 86.5 cm³/mol. The summed E-state index contributed by atoms with van der Waals surface area (Å²) in [4.78, 5) is 14.0. The van der Waals surface area contributed by atoms with E-state index in [1.165, 1.54) is 17.0 Å². The summed E-state index contributed by atoms with van der Waals surface area (Å²) in [5.74, 6) is 1.18. The number of benzene rings is 1. The summed E-state index contributed by atoms with van der Waals surface area (Å²) >= 11 is 0. The first-order valence-electron chi connectivity index (χ1n) is 7.24. The van der Waals surface area contributed by atoms with Crippen molar-refractivity contribution in [2.75, 3.05) is 13.6 Å². The topological polar surface area (TPSA) is 79.6 Å². The number of carbonyl (C=O) groups excluding carboxylic acids is 1. The standard InChI is InChI=1S/C16H20N2O4S/c1-4-17-23(20,21)15-7-5-6-13(10-15)16(19)18(3)11-14-9-8-12(2)22-14/h5-10,17H,4,11H2,1-3H3. The fraction of sp³-hybridized carbons (Fsp3) is 0.312. The van der Waals surface area contributed by atoms with Gasteiger partial charge in [0, 0.05) is 19.2 Å². The zero-order chi connectivity index (χ0) is 17.0. The molecule has 0 unspecified atom stereocenters. The number of rotatable bonds is 6. The number of nitrogens with zero attached hydrogens (tertiary/aromatic N) is 1. The third-order valence-corrected chi connectivity index (χ3v) is 4.80. The van der Waals surface area contributed by atoms with Crippen molar-refractivity contribution in [1.82, 2.24) is 9.62 Å². The van der Waals surface area contributed by atoms with Gasteiger partial charge in [0.1, 0.15) is 11.5 Å². The summed E-state index contributed by atoms with van der Waals surface area (Å²) in [5, 5.41) is 0. The number of nitrogens with one attached hydrogen (secondary N) is 1. The largest absolute Gasteiger partial charge is 0.464 e. The fourth-order valence-electron chi connectivity index (χ4n) is 2.17. The quantitative estimate of drug-likeness (QED) is 0.876. The Kier molecular flexibility index (Phi) is 5.23. The lowest BCUT2D eigenvalue weighted by molar-refractivity contribution is 0.0774. The Morgan fingerprint density at radius 2 is 2.00 bits per heavy atom. The van der Waals surface area contributed by atoms with Gasteiger partial charge in [0.15, 0.2) is 0 Å². The molecule has 1 amide bonds. The normalized spacial score (nSPS) is 11.4. The Morgan fingerprint density at radius 3 is 2.61 bits per heavy atom. The second-order valence-electron chi connectivity index (χ2n) is 5.20. The summed E-state index contributed by atoms with van der Waals surface area (Å²) < 4.78 is 31.9. The number of hydrogen-bond acceptors (Lipinski definition) is 4. The Hall–Kier alpha value is -2.12. The summed E-state index contributed by atoms with van der Waals surface area (Å²) in [6.07, 6.45) is 0. The molecule has 0 saturated heterocycles. The molecule has 0 aliphatic carbocycles. The van der Waals surface area contributed by atoms with Gasteiger partial charge in [-0.3, -0.25) is 4.79 Å². The first-order chi connectivity index (χ1) is 10.8. The van der Waals surface area contributed by atoms with Crippen molar-refractivity contribution in [3.05, 3.63) is 53.5 Å². The summed E-state index contributed by atoms with van der Waals surface area (Å²) in [6.45, 7) is 4.14. The fourth-order valence-corrected chi connectivity index (χ4v) is 3.25. The van der Waals surface area contributed by atoms with Crippen LogP contribution in [0.25, 0.3) is 0 Å². The first kappa shape index (κ1) is 17.2. The molecule has 6 nitrogen and oxygen atoms in total. The molecule has 0 saturated carbocycles. The predicted octanol–water partition coefficient (Wildman–Crippen LogP) is 2.16. The highest BCUT2D eigenvalue weighted by atomic mass is 32.2. The van der Waals surface area contributed by atoms with Crippen LogP contribution in [0, 0.1) is 6.92 Å². The molecule has 2 rings (SSSR count). The smallest absolute Gasteiger partial charge is 0.254 e. The monoisotopic (exact) mass is 336 g/mol. The van der Waals surface area contributed by atoms with E-state index in [4.69, 9.17) is 4.42 Å². The average molecular weight is 336 g/mol. The van der Waals surface area contributed by atoms with E-state index < -0.39 is 10.0 Å². The minimum atomic E-state index is -3.59. The number of amides is 1. The second-order valence-corrected chi connectivity index (χ2v) is 6.97.